The Morgan fingerprint density at radius 3 is 2.81 bits per heavy atom. The molecular formula is C11H19N3OS. The van der Waals surface area contributed by atoms with Crippen LogP contribution < -0.4 is 10.6 Å². The third-order valence-electron chi connectivity index (χ3n) is 2.96. The topological polar surface area (TPSA) is 53.5 Å². The van der Waals surface area contributed by atoms with E-state index in [0.29, 0.717) is 12.5 Å². The summed E-state index contributed by atoms with van der Waals surface area (Å²) in [7, 11) is 0. The van der Waals surface area contributed by atoms with E-state index in [1.807, 2.05) is 18.7 Å². The van der Waals surface area contributed by atoms with Crippen LogP contribution in [0.3, 0.4) is 0 Å². The van der Waals surface area contributed by atoms with Gasteiger partial charge in [-0.3, -0.25) is 15.1 Å². The number of nitrogens with zero attached hydrogens (tertiary/aromatic N) is 1. The first-order valence-corrected chi connectivity index (χ1v) is 6.85. The quantitative estimate of drug-likeness (QED) is 0.719. The molecule has 2 heterocycles. The number of guanidine groups is 1. The predicted octanol–water partition coefficient (Wildman–Crippen LogP) is 0.984. The molecule has 0 aromatic heterocycles. The van der Waals surface area contributed by atoms with Gasteiger partial charge in [0.2, 0.25) is 0 Å². The summed E-state index contributed by atoms with van der Waals surface area (Å²) in [4.78, 5) is 16.3. The SMILES string of the molecule is CCN=C1NC(=O)C2(CSCC(C)(C)C2)N1. The Bertz CT molecular complexity index is 340. The molecule has 2 saturated heterocycles. The average Bonchev–Trinajstić information content (AvgIpc) is 2.41. The van der Waals surface area contributed by atoms with E-state index in [1.165, 1.54) is 0 Å². The Morgan fingerprint density at radius 1 is 1.44 bits per heavy atom. The number of amides is 1. The zero-order valence-corrected chi connectivity index (χ0v) is 10.9. The lowest BCUT2D eigenvalue weighted by Gasteiger charge is -2.40. The molecule has 1 spiro atoms. The highest BCUT2D eigenvalue weighted by Gasteiger charge is 2.50. The minimum absolute atomic E-state index is 0.0833. The zero-order valence-electron chi connectivity index (χ0n) is 10.1. The lowest BCUT2D eigenvalue weighted by atomic mass is 9.80. The second-order valence-electron chi connectivity index (χ2n) is 5.32. The van der Waals surface area contributed by atoms with Crippen LogP contribution in [0.2, 0.25) is 0 Å². The van der Waals surface area contributed by atoms with Gasteiger partial charge in [0.1, 0.15) is 5.54 Å². The second-order valence-corrected chi connectivity index (χ2v) is 6.30. The first-order valence-electron chi connectivity index (χ1n) is 5.69. The van der Waals surface area contributed by atoms with E-state index in [1.54, 1.807) is 0 Å². The van der Waals surface area contributed by atoms with E-state index in [2.05, 4.69) is 29.5 Å². The number of aliphatic imine (C=N–C) groups is 1. The van der Waals surface area contributed by atoms with Gasteiger partial charge in [-0.25, -0.2) is 0 Å². The van der Waals surface area contributed by atoms with Crippen LogP contribution in [0.4, 0.5) is 0 Å². The van der Waals surface area contributed by atoms with Crippen LogP contribution in [0.25, 0.3) is 0 Å². The minimum Gasteiger partial charge on any atom is -0.341 e. The lowest BCUT2D eigenvalue weighted by Crippen LogP contribution is -2.55. The van der Waals surface area contributed by atoms with Crippen LogP contribution in [-0.2, 0) is 4.79 Å². The number of carbonyl (C=O) groups is 1. The van der Waals surface area contributed by atoms with Crippen molar-refractivity contribution >= 4 is 23.6 Å². The van der Waals surface area contributed by atoms with Crippen molar-refractivity contribution in [1.29, 1.82) is 0 Å². The molecule has 90 valence electrons. The minimum atomic E-state index is -0.430. The monoisotopic (exact) mass is 241 g/mol. The van der Waals surface area contributed by atoms with Gasteiger partial charge in [0.25, 0.3) is 5.91 Å². The van der Waals surface area contributed by atoms with Gasteiger partial charge in [0, 0.05) is 12.3 Å². The molecule has 0 radical (unpaired) electrons. The van der Waals surface area contributed by atoms with E-state index < -0.39 is 5.54 Å². The number of hydrogen-bond acceptors (Lipinski definition) is 3. The Balaban J connectivity index is 2.19. The summed E-state index contributed by atoms with van der Waals surface area (Å²) in [5.41, 5.74) is -0.227. The van der Waals surface area contributed by atoms with Gasteiger partial charge in [-0.15, -0.1) is 0 Å². The molecule has 16 heavy (non-hydrogen) atoms. The van der Waals surface area contributed by atoms with Gasteiger partial charge in [-0.1, -0.05) is 13.8 Å². The largest absolute Gasteiger partial charge is 0.341 e. The standard InChI is InChI=1S/C11H19N3OS/c1-4-12-9-13-8(15)11(14-9)5-10(2,3)6-16-7-11/h4-7H2,1-3H3,(H2,12,13,14,15). The van der Waals surface area contributed by atoms with E-state index in [4.69, 9.17) is 0 Å². The summed E-state index contributed by atoms with van der Waals surface area (Å²) in [6.45, 7) is 7.08. The molecule has 2 fully saturated rings. The Morgan fingerprint density at radius 2 is 2.19 bits per heavy atom. The molecule has 0 aromatic rings. The van der Waals surface area contributed by atoms with Crippen LogP contribution in [0.15, 0.2) is 4.99 Å². The van der Waals surface area contributed by atoms with Crippen molar-refractivity contribution in [1.82, 2.24) is 10.6 Å². The smallest absolute Gasteiger partial charge is 0.253 e. The fourth-order valence-electron chi connectivity index (χ4n) is 2.43. The summed E-state index contributed by atoms with van der Waals surface area (Å²) < 4.78 is 0. The summed E-state index contributed by atoms with van der Waals surface area (Å²) >= 11 is 1.84. The molecule has 1 atom stereocenters. The van der Waals surface area contributed by atoms with Gasteiger partial charge < -0.3 is 5.32 Å². The number of carbonyl (C=O) groups excluding carboxylic acids is 1. The molecule has 2 aliphatic rings. The Labute approximate surface area is 101 Å². The number of hydrogen-bond donors (Lipinski definition) is 2. The summed E-state index contributed by atoms with van der Waals surface area (Å²) in [5.74, 6) is 2.68. The van der Waals surface area contributed by atoms with Crippen LogP contribution in [-0.4, -0.2) is 35.5 Å². The fourth-order valence-corrected chi connectivity index (χ4v) is 3.84. The predicted molar refractivity (Wildman–Crippen MR) is 67.7 cm³/mol. The highest BCUT2D eigenvalue weighted by Crippen LogP contribution is 2.40. The maximum Gasteiger partial charge on any atom is 0.253 e. The zero-order chi connectivity index (χ0) is 11.8. The third-order valence-corrected chi connectivity index (χ3v) is 4.64. The molecule has 5 heteroatoms. The van der Waals surface area contributed by atoms with E-state index >= 15 is 0 Å². The maximum atomic E-state index is 12.1. The molecule has 4 nitrogen and oxygen atoms in total. The van der Waals surface area contributed by atoms with Gasteiger partial charge >= 0.3 is 0 Å². The maximum absolute atomic E-state index is 12.1. The molecule has 2 rings (SSSR count). The molecule has 0 aliphatic carbocycles. The highest BCUT2D eigenvalue weighted by atomic mass is 32.2. The molecule has 1 unspecified atom stereocenters. The molecule has 1 amide bonds. The van der Waals surface area contributed by atoms with Crippen molar-refractivity contribution in [2.45, 2.75) is 32.7 Å². The molecule has 2 N–H and O–H groups in total. The number of rotatable bonds is 1. The van der Waals surface area contributed by atoms with Gasteiger partial charge in [-0.05, 0) is 24.5 Å². The van der Waals surface area contributed by atoms with Crippen molar-refractivity contribution in [3.8, 4) is 0 Å². The van der Waals surface area contributed by atoms with Crippen molar-refractivity contribution in [3.63, 3.8) is 0 Å². The van der Waals surface area contributed by atoms with Crippen LogP contribution in [0.5, 0.6) is 0 Å². The van der Waals surface area contributed by atoms with Crippen molar-refractivity contribution < 1.29 is 4.79 Å². The number of nitrogens with one attached hydrogen (secondary N) is 2. The Kier molecular flexibility index (Phi) is 2.90. The van der Waals surface area contributed by atoms with Crippen LogP contribution in [0.1, 0.15) is 27.2 Å². The highest BCUT2D eigenvalue weighted by molar-refractivity contribution is 7.99. The first kappa shape index (κ1) is 11.8. The van der Waals surface area contributed by atoms with E-state index in [0.717, 1.165) is 17.9 Å². The Hall–Kier alpha value is -0.710. The van der Waals surface area contributed by atoms with Crippen molar-refractivity contribution in [3.05, 3.63) is 0 Å². The third kappa shape index (κ3) is 2.05. The fraction of sp³-hybridized carbons (Fsp3) is 0.818. The molecule has 2 aliphatic heterocycles. The molecule has 0 aromatic carbocycles. The van der Waals surface area contributed by atoms with Gasteiger partial charge in [0.15, 0.2) is 5.96 Å². The van der Waals surface area contributed by atoms with Crippen molar-refractivity contribution in [2.75, 3.05) is 18.1 Å². The van der Waals surface area contributed by atoms with Crippen LogP contribution >= 0.6 is 11.8 Å². The lowest BCUT2D eigenvalue weighted by molar-refractivity contribution is -0.124. The second kappa shape index (κ2) is 3.95. The summed E-state index contributed by atoms with van der Waals surface area (Å²) in [5, 5.41) is 6.12. The van der Waals surface area contributed by atoms with E-state index in [9.17, 15) is 4.79 Å². The van der Waals surface area contributed by atoms with Crippen LogP contribution in [0, 0.1) is 5.41 Å². The van der Waals surface area contributed by atoms with Crippen molar-refractivity contribution in [2.24, 2.45) is 10.4 Å². The summed E-state index contributed by atoms with van der Waals surface area (Å²) in [6, 6.07) is 0. The van der Waals surface area contributed by atoms with Gasteiger partial charge in [0.05, 0.1) is 0 Å². The normalized spacial score (nSPS) is 35.2. The summed E-state index contributed by atoms with van der Waals surface area (Å²) in [6.07, 6.45) is 0.877. The molecular weight excluding hydrogens is 222 g/mol. The molecule has 0 saturated carbocycles. The van der Waals surface area contributed by atoms with Gasteiger partial charge in [-0.2, -0.15) is 11.8 Å². The first-order chi connectivity index (χ1) is 7.47. The average molecular weight is 241 g/mol. The number of thioether (sulfide) groups is 1. The van der Waals surface area contributed by atoms with E-state index in [-0.39, 0.29) is 11.3 Å². The molecule has 0 bridgehead atoms.